The van der Waals surface area contributed by atoms with Crippen molar-refractivity contribution in [3.63, 3.8) is 0 Å². The number of nitrogens with zero attached hydrogens (tertiary/aromatic N) is 2. The first-order chi connectivity index (χ1) is 13.9. The molecular formula is C23H32N2O4. The number of hydrogen-bond acceptors (Lipinski definition) is 4. The summed E-state index contributed by atoms with van der Waals surface area (Å²) in [6.45, 7) is 7.32. The molecule has 1 aromatic rings. The standard InChI is InChI=1S/C23H32N2O4/c1-4-29-23(28)20-9-6-12-24(14-20)22(27)19-10-11-21(25(15-19)17(3)26)18-8-5-7-16(2)13-18/h5,7-8,13,19-21H,4,6,9-12,14-15H2,1-3H3. The zero-order valence-corrected chi connectivity index (χ0v) is 17.7. The number of likely N-dealkylation sites (tertiary alicyclic amines) is 2. The van der Waals surface area contributed by atoms with Gasteiger partial charge in [0, 0.05) is 26.6 Å². The van der Waals surface area contributed by atoms with Crippen molar-refractivity contribution in [1.29, 1.82) is 0 Å². The van der Waals surface area contributed by atoms with Crippen LogP contribution in [0.3, 0.4) is 0 Å². The first kappa shape index (κ1) is 21.3. The third-order valence-electron chi connectivity index (χ3n) is 6.12. The second-order valence-corrected chi connectivity index (χ2v) is 8.25. The van der Waals surface area contributed by atoms with Crippen LogP contribution in [0.2, 0.25) is 0 Å². The van der Waals surface area contributed by atoms with Gasteiger partial charge in [-0.1, -0.05) is 29.8 Å². The van der Waals surface area contributed by atoms with Gasteiger partial charge in [0.25, 0.3) is 0 Å². The van der Waals surface area contributed by atoms with Crippen LogP contribution in [-0.2, 0) is 19.1 Å². The summed E-state index contributed by atoms with van der Waals surface area (Å²) in [5.41, 5.74) is 2.30. The largest absolute Gasteiger partial charge is 0.466 e. The molecule has 0 aliphatic carbocycles. The fourth-order valence-electron chi connectivity index (χ4n) is 4.63. The maximum atomic E-state index is 13.2. The van der Waals surface area contributed by atoms with Crippen LogP contribution in [0.25, 0.3) is 0 Å². The molecular weight excluding hydrogens is 368 g/mol. The molecule has 2 amide bonds. The molecule has 6 heteroatoms. The molecule has 3 unspecified atom stereocenters. The first-order valence-corrected chi connectivity index (χ1v) is 10.7. The second kappa shape index (κ2) is 9.42. The summed E-state index contributed by atoms with van der Waals surface area (Å²) >= 11 is 0. The Morgan fingerprint density at radius 1 is 1.10 bits per heavy atom. The van der Waals surface area contributed by atoms with Crippen molar-refractivity contribution in [1.82, 2.24) is 9.80 Å². The topological polar surface area (TPSA) is 66.9 Å². The van der Waals surface area contributed by atoms with Crippen LogP contribution in [0, 0.1) is 18.8 Å². The fourth-order valence-corrected chi connectivity index (χ4v) is 4.63. The second-order valence-electron chi connectivity index (χ2n) is 8.25. The van der Waals surface area contributed by atoms with E-state index in [9.17, 15) is 14.4 Å². The van der Waals surface area contributed by atoms with Crippen LogP contribution in [0.4, 0.5) is 0 Å². The summed E-state index contributed by atoms with van der Waals surface area (Å²) in [5, 5.41) is 0. The highest BCUT2D eigenvalue weighted by Gasteiger charge is 2.38. The number of esters is 1. The third kappa shape index (κ3) is 4.98. The molecule has 158 valence electrons. The Balaban J connectivity index is 1.68. The van der Waals surface area contributed by atoms with Gasteiger partial charge in [-0.15, -0.1) is 0 Å². The normalized spacial score (nSPS) is 24.9. The summed E-state index contributed by atoms with van der Waals surface area (Å²) in [5.74, 6) is -0.593. The van der Waals surface area contributed by atoms with Gasteiger partial charge >= 0.3 is 5.97 Å². The molecule has 0 spiro atoms. The molecule has 3 rings (SSSR count). The van der Waals surface area contributed by atoms with Gasteiger partial charge in [0.1, 0.15) is 0 Å². The molecule has 2 aliphatic heterocycles. The number of amides is 2. The van der Waals surface area contributed by atoms with Crippen molar-refractivity contribution in [3.8, 4) is 0 Å². The summed E-state index contributed by atoms with van der Waals surface area (Å²) in [6.07, 6.45) is 3.10. The Labute approximate surface area is 173 Å². The number of carbonyl (C=O) groups excluding carboxylic acids is 3. The van der Waals surface area contributed by atoms with Crippen molar-refractivity contribution < 1.29 is 19.1 Å². The number of benzene rings is 1. The molecule has 0 bridgehead atoms. The Hall–Kier alpha value is -2.37. The van der Waals surface area contributed by atoms with Gasteiger partial charge in [0.15, 0.2) is 0 Å². The zero-order chi connectivity index (χ0) is 21.0. The van der Waals surface area contributed by atoms with Crippen LogP contribution >= 0.6 is 0 Å². The molecule has 6 nitrogen and oxygen atoms in total. The Kier molecular flexibility index (Phi) is 6.93. The van der Waals surface area contributed by atoms with E-state index < -0.39 is 0 Å². The van der Waals surface area contributed by atoms with E-state index in [1.807, 2.05) is 24.0 Å². The van der Waals surface area contributed by atoms with Gasteiger partial charge < -0.3 is 14.5 Å². The lowest BCUT2D eigenvalue weighted by Crippen LogP contribution is -2.50. The van der Waals surface area contributed by atoms with E-state index in [-0.39, 0.29) is 35.7 Å². The molecule has 1 aromatic carbocycles. The third-order valence-corrected chi connectivity index (χ3v) is 6.12. The smallest absolute Gasteiger partial charge is 0.310 e. The van der Waals surface area contributed by atoms with Gasteiger partial charge in [0.2, 0.25) is 11.8 Å². The minimum Gasteiger partial charge on any atom is -0.466 e. The lowest BCUT2D eigenvalue weighted by atomic mass is 9.87. The molecule has 3 atom stereocenters. The van der Waals surface area contributed by atoms with E-state index >= 15 is 0 Å². The number of aryl methyl sites for hydroxylation is 1. The Morgan fingerprint density at radius 2 is 1.90 bits per heavy atom. The van der Waals surface area contributed by atoms with Crippen molar-refractivity contribution in [2.24, 2.45) is 11.8 Å². The molecule has 2 aliphatic rings. The van der Waals surface area contributed by atoms with E-state index in [2.05, 4.69) is 12.1 Å². The molecule has 2 saturated heterocycles. The van der Waals surface area contributed by atoms with Gasteiger partial charge in [-0.2, -0.15) is 0 Å². The van der Waals surface area contributed by atoms with E-state index in [0.717, 1.165) is 31.2 Å². The van der Waals surface area contributed by atoms with Crippen LogP contribution < -0.4 is 0 Å². The van der Waals surface area contributed by atoms with Crippen molar-refractivity contribution in [3.05, 3.63) is 35.4 Å². The highest BCUT2D eigenvalue weighted by molar-refractivity contribution is 5.82. The highest BCUT2D eigenvalue weighted by atomic mass is 16.5. The van der Waals surface area contributed by atoms with E-state index in [1.54, 1.807) is 18.7 Å². The highest BCUT2D eigenvalue weighted by Crippen LogP contribution is 2.35. The SMILES string of the molecule is CCOC(=O)C1CCCN(C(=O)C2CCC(c3cccc(C)c3)N(C(C)=O)C2)C1. The Morgan fingerprint density at radius 3 is 2.59 bits per heavy atom. The quantitative estimate of drug-likeness (QED) is 0.729. The van der Waals surface area contributed by atoms with Crippen molar-refractivity contribution >= 4 is 17.8 Å². The number of piperidine rings is 2. The van der Waals surface area contributed by atoms with E-state index in [0.29, 0.717) is 26.2 Å². The van der Waals surface area contributed by atoms with Gasteiger partial charge in [-0.05, 0) is 45.1 Å². The van der Waals surface area contributed by atoms with Crippen molar-refractivity contribution in [2.45, 2.75) is 52.5 Å². The summed E-state index contributed by atoms with van der Waals surface area (Å²) < 4.78 is 5.15. The van der Waals surface area contributed by atoms with Crippen LogP contribution in [-0.4, -0.2) is 53.8 Å². The van der Waals surface area contributed by atoms with Gasteiger partial charge in [-0.3, -0.25) is 14.4 Å². The monoisotopic (exact) mass is 400 g/mol. The average Bonchev–Trinajstić information content (AvgIpc) is 2.73. The number of ether oxygens (including phenoxy) is 1. The molecule has 2 heterocycles. The predicted octanol–water partition coefficient (Wildman–Crippen LogP) is 3.10. The van der Waals surface area contributed by atoms with Gasteiger partial charge in [0.05, 0.1) is 24.5 Å². The molecule has 29 heavy (non-hydrogen) atoms. The summed E-state index contributed by atoms with van der Waals surface area (Å²) in [6, 6.07) is 8.27. The number of rotatable bonds is 4. The Bertz CT molecular complexity index is 763. The van der Waals surface area contributed by atoms with E-state index in [4.69, 9.17) is 4.74 Å². The number of hydrogen-bond donors (Lipinski definition) is 0. The van der Waals surface area contributed by atoms with E-state index in [1.165, 1.54) is 5.56 Å². The predicted molar refractivity (Wildman–Crippen MR) is 110 cm³/mol. The van der Waals surface area contributed by atoms with Crippen LogP contribution in [0.15, 0.2) is 24.3 Å². The molecule has 0 N–H and O–H groups in total. The van der Waals surface area contributed by atoms with Crippen LogP contribution in [0.5, 0.6) is 0 Å². The molecule has 0 aromatic heterocycles. The summed E-state index contributed by atoms with van der Waals surface area (Å²) in [7, 11) is 0. The average molecular weight is 401 g/mol. The molecule has 2 fully saturated rings. The lowest BCUT2D eigenvalue weighted by molar-refractivity contribution is -0.152. The lowest BCUT2D eigenvalue weighted by Gasteiger charge is -2.41. The van der Waals surface area contributed by atoms with Gasteiger partial charge in [-0.25, -0.2) is 0 Å². The fraction of sp³-hybridized carbons (Fsp3) is 0.609. The minimum absolute atomic E-state index is 0.00273. The minimum atomic E-state index is -0.236. The maximum absolute atomic E-state index is 13.2. The number of carbonyl (C=O) groups is 3. The molecule has 0 saturated carbocycles. The van der Waals surface area contributed by atoms with Crippen LogP contribution in [0.1, 0.15) is 56.7 Å². The first-order valence-electron chi connectivity index (χ1n) is 10.7. The zero-order valence-electron chi connectivity index (χ0n) is 17.7. The maximum Gasteiger partial charge on any atom is 0.310 e. The molecule has 0 radical (unpaired) electrons. The van der Waals surface area contributed by atoms with Crippen molar-refractivity contribution in [2.75, 3.05) is 26.2 Å². The summed E-state index contributed by atoms with van der Waals surface area (Å²) in [4.78, 5) is 41.3.